The quantitative estimate of drug-likeness (QED) is 0.802. The van der Waals surface area contributed by atoms with Crippen molar-refractivity contribution in [2.45, 2.75) is 57.7 Å². The van der Waals surface area contributed by atoms with Crippen molar-refractivity contribution in [2.24, 2.45) is 5.73 Å². The molecular weight excluding hydrogens is 252 g/mol. The van der Waals surface area contributed by atoms with Gasteiger partial charge < -0.3 is 15.8 Å². The van der Waals surface area contributed by atoms with Gasteiger partial charge in [-0.3, -0.25) is 4.79 Å². The van der Waals surface area contributed by atoms with E-state index in [1.807, 2.05) is 45.0 Å². The number of amides is 1. The molecule has 110 valence electrons. The summed E-state index contributed by atoms with van der Waals surface area (Å²) in [5.41, 5.74) is 6.05. The maximum atomic E-state index is 11.7. The highest BCUT2D eigenvalue weighted by Gasteiger charge is 2.38. The van der Waals surface area contributed by atoms with Crippen LogP contribution in [0.4, 0.5) is 0 Å². The van der Waals surface area contributed by atoms with E-state index >= 15 is 0 Å². The minimum atomic E-state index is -0.703. The Morgan fingerprint density at radius 3 is 2.55 bits per heavy atom. The predicted octanol–water partition coefficient (Wildman–Crippen LogP) is 2.15. The van der Waals surface area contributed by atoms with E-state index in [2.05, 4.69) is 5.32 Å². The van der Waals surface area contributed by atoms with E-state index in [0.29, 0.717) is 12.5 Å². The van der Waals surface area contributed by atoms with Gasteiger partial charge in [-0.05, 0) is 45.7 Å². The van der Waals surface area contributed by atoms with E-state index in [-0.39, 0.29) is 12.0 Å². The molecule has 3 N–H and O–H groups in total. The maximum Gasteiger partial charge on any atom is 0.237 e. The summed E-state index contributed by atoms with van der Waals surface area (Å²) in [6.45, 7) is 5.87. The van der Waals surface area contributed by atoms with Crippen molar-refractivity contribution in [3.63, 3.8) is 0 Å². The number of nitrogens with one attached hydrogen (secondary N) is 1. The minimum Gasteiger partial charge on any atom is -0.491 e. The lowest BCUT2D eigenvalue weighted by atomic mass is 9.93. The summed E-state index contributed by atoms with van der Waals surface area (Å²) >= 11 is 0. The number of benzene rings is 1. The van der Waals surface area contributed by atoms with Gasteiger partial charge in [-0.15, -0.1) is 0 Å². The number of carbonyl (C=O) groups excluding carboxylic acids is 1. The van der Waals surface area contributed by atoms with Gasteiger partial charge in [0, 0.05) is 12.5 Å². The van der Waals surface area contributed by atoms with Crippen molar-refractivity contribution in [1.82, 2.24) is 5.32 Å². The molecule has 1 amide bonds. The highest BCUT2D eigenvalue weighted by atomic mass is 16.5. The molecule has 4 nitrogen and oxygen atoms in total. The summed E-state index contributed by atoms with van der Waals surface area (Å²) in [7, 11) is 0. The third-order valence-electron chi connectivity index (χ3n) is 3.70. The van der Waals surface area contributed by atoms with Crippen LogP contribution in [0.15, 0.2) is 24.3 Å². The number of aryl methyl sites for hydroxylation is 1. The lowest BCUT2D eigenvalue weighted by Gasteiger charge is -2.30. The summed E-state index contributed by atoms with van der Waals surface area (Å²) < 4.78 is 5.87. The first kappa shape index (κ1) is 14.9. The summed E-state index contributed by atoms with van der Waals surface area (Å²) in [5.74, 6) is 0.505. The Labute approximate surface area is 120 Å². The van der Waals surface area contributed by atoms with Crippen LogP contribution in [0.5, 0.6) is 5.75 Å². The van der Waals surface area contributed by atoms with Gasteiger partial charge >= 0.3 is 0 Å². The standard InChI is InChI=1S/C16H24N2O2/c1-11-4-8-14(9-5-11)20-12(2)10-16(3,15(17)19)18-13-6-7-13/h4-5,8-9,12-13,18H,6-7,10H2,1-3H3,(H2,17,19). The van der Waals surface area contributed by atoms with Crippen molar-refractivity contribution in [3.05, 3.63) is 29.8 Å². The topological polar surface area (TPSA) is 64.3 Å². The summed E-state index contributed by atoms with van der Waals surface area (Å²) in [6.07, 6.45) is 2.72. The zero-order valence-corrected chi connectivity index (χ0v) is 12.5. The van der Waals surface area contributed by atoms with Gasteiger partial charge in [0.2, 0.25) is 5.91 Å². The molecule has 0 radical (unpaired) electrons. The van der Waals surface area contributed by atoms with Crippen LogP contribution in [0.2, 0.25) is 0 Å². The Hall–Kier alpha value is -1.55. The predicted molar refractivity (Wildman–Crippen MR) is 79.6 cm³/mol. The van der Waals surface area contributed by atoms with Crippen LogP contribution in [0, 0.1) is 6.92 Å². The van der Waals surface area contributed by atoms with Crippen LogP contribution in [0.3, 0.4) is 0 Å². The van der Waals surface area contributed by atoms with E-state index in [0.717, 1.165) is 18.6 Å². The second-order valence-electron chi connectivity index (χ2n) is 6.06. The van der Waals surface area contributed by atoms with Crippen molar-refractivity contribution in [2.75, 3.05) is 0 Å². The number of ether oxygens (including phenoxy) is 1. The van der Waals surface area contributed by atoms with Crippen molar-refractivity contribution in [3.8, 4) is 5.75 Å². The fourth-order valence-corrected chi connectivity index (χ4v) is 2.37. The summed E-state index contributed by atoms with van der Waals surface area (Å²) in [4.78, 5) is 11.7. The average molecular weight is 276 g/mol. The van der Waals surface area contributed by atoms with Gasteiger partial charge in [-0.1, -0.05) is 17.7 Å². The number of carbonyl (C=O) groups is 1. The highest BCUT2D eigenvalue weighted by molar-refractivity contribution is 5.84. The van der Waals surface area contributed by atoms with E-state index in [9.17, 15) is 4.79 Å². The number of hydrogen-bond donors (Lipinski definition) is 2. The molecule has 0 heterocycles. The normalized spacial score (nSPS) is 19.1. The first-order valence-electron chi connectivity index (χ1n) is 7.20. The van der Waals surface area contributed by atoms with Crippen molar-refractivity contribution < 1.29 is 9.53 Å². The molecule has 0 saturated heterocycles. The fourth-order valence-electron chi connectivity index (χ4n) is 2.37. The van der Waals surface area contributed by atoms with Gasteiger partial charge in [0.15, 0.2) is 0 Å². The number of nitrogens with two attached hydrogens (primary N) is 1. The molecule has 4 heteroatoms. The maximum absolute atomic E-state index is 11.7. The van der Waals surface area contributed by atoms with E-state index < -0.39 is 5.54 Å². The van der Waals surface area contributed by atoms with Gasteiger partial charge in [0.1, 0.15) is 5.75 Å². The molecule has 2 rings (SSSR count). The van der Waals surface area contributed by atoms with Gasteiger partial charge in [0.25, 0.3) is 0 Å². The smallest absolute Gasteiger partial charge is 0.237 e. The molecule has 0 bridgehead atoms. The molecule has 20 heavy (non-hydrogen) atoms. The lowest BCUT2D eigenvalue weighted by Crippen LogP contribution is -2.55. The Bertz CT molecular complexity index is 468. The van der Waals surface area contributed by atoms with E-state index in [1.54, 1.807) is 0 Å². The van der Waals surface area contributed by atoms with Gasteiger partial charge in [-0.25, -0.2) is 0 Å². The molecule has 1 aliphatic carbocycles. The third-order valence-corrected chi connectivity index (χ3v) is 3.70. The van der Waals surface area contributed by atoms with Crippen LogP contribution in [0.25, 0.3) is 0 Å². The van der Waals surface area contributed by atoms with Crippen LogP contribution in [0.1, 0.15) is 38.7 Å². The number of hydrogen-bond acceptors (Lipinski definition) is 3. The minimum absolute atomic E-state index is 0.0820. The second-order valence-corrected chi connectivity index (χ2v) is 6.06. The highest BCUT2D eigenvalue weighted by Crippen LogP contribution is 2.26. The third kappa shape index (κ3) is 3.97. The first-order valence-corrected chi connectivity index (χ1v) is 7.20. The van der Waals surface area contributed by atoms with Crippen LogP contribution < -0.4 is 15.8 Å². The molecule has 0 aromatic heterocycles. The molecule has 0 spiro atoms. The molecule has 1 aliphatic rings. The Morgan fingerprint density at radius 2 is 2.05 bits per heavy atom. The Kier molecular flexibility index (Phi) is 4.33. The molecule has 1 saturated carbocycles. The lowest BCUT2D eigenvalue weighted by molar-refractivity contribution is -0.124. The Balaban J connectivity index is 1.95. The van der Waals surface area contributed by atoms with Gasteiger partial charge in [0.05, 0.1) is 11.6 Å². The molecular formula is C16H24N2O2. The SMILES string of the molecule is Cc1ccc(OC(C)CC(C)(NC2CC2)C(N)=O)cc1. The van der Waals surface area contributed by atoms with Crippen molar-refractivity contribution in [1.29, 1.82) is 0 Å². The molecule has 2 unspecified atom stereocenters. The average Bonchev–Trinajstić information content (AvgIpc) is 3.15. The first-order chi connectivity index (χ1) is 9.39. The van der Waals surface area contributed by atoms with Crippen molar-refractivity contribution >= 4 is 5.91 Å². The van der Waals surface area contributed by atoms with Gasteiger partial charge in [-0.2, -0.15) is 0 Å². The zero-order valence-electron chi connectivity index (χ0n) is 12.5. The van der Waals surface area contributed by atoms with Crippen LogP contribution in [-0.4, -0.2) is 23.6 Å². The molecule has 1 fully saturated rings. The van der Waals surface area contributed by atoms with Crippen LogP contribution in [-0.2, 0) is 4.79 Å². The van der Waals surface area contributed by atoms with Crippen LogP contribution >= 0.6 is 0 Å². The largest absolute Gasteiger partial charge is 0.491 e. The van der Waals surface area contributed by atoms with E-state index in [1.165, 1.54) is 5.56 Å². The Morgan fingerprint density at radius 1 is 1.45 bits per heavy atom. The summed E-state index contributed by atoms with van der Waals surface area (Å²) in [5, 5.41) is 3.34. The monoisotopic (exact) mass is 276 g/mol. The molecule has 1 aromatic rings. The number of rotatable bonds is 7. The molecule has 0 aliphatic heterocycles. The van der Waals surface area contributed by atoms with E-state index in [4.69, 9.17) is 10.5 Å². The summed E-state index contributed by atoms with van der Waals surface area (Å²) in [6, 6.07) is 8.35. The zero-order chi connectivity index (χ0) is 14.8. The fraction of sp³-hybridized carbons (Fsp3) is 0.562. The molecule has 1 aromatic carbocycles. The second kappa shape index (κ2) is 5.83. The molecule has 2 atom stereocenters. The number of primary amides is 1.